The van der Waals surface area contributed by atoms with Gasteiger partial charge in [-0.1, -0.05) is 6.07 Å². The summed E-state index contributed by atoms with van der Waals surface area (Å²) in [5.74, 6) is -0.352. The summed E-state index contributed by atoms with van der Waals surface area (Å²) in [5, 5.41) is 0. The van der Waals surface area contributed by atoms with Crippen LogP contribution in [0.5, 0.6) is 0 Å². The highest BCUT2D eigenvalue weighted by Gasteiger charge is 2.32. The molecule has 0 bridgehead atoms. The number of morpholine rings is 1. The van der Waals surface area contributed by atoms with Gasteiger partial charge in [-0.05, 0) is 24.6 Å². The topological polar surface area (TPSA) is 58.8 Å². The molecule has 5 heteroatoms. The maximum absolute atomic E-state index is 11.4. The third-order valence-electron chi connectivity index (χ3n) is 4.28. The first kappa shape index (κ1) is 13.4. The molecule has 5 nitrogen and oxygen atoms in total. The highest BCUT2D eigenvalue weighted by atomic mass is 16.5. The van der Waals surface area contributed by atoms with Crippen molar-refractivity contribution in [2.75, 3.05) is 44.3 Å². The van der Waals surface area contributed by atoms with Gasteiger partial charge in [-0.25, -0.2) is 0 Å². The monoisotopic (exact) mass is 275 g/mol. The molecule has 0 spiro atoms. The summed E-state index contributed by atoms with van der Waals surface area (Å²) in [6.45, 7) is 7.68. The van der Waals surface area contributed by atoms with Crippen molar-refractivity contribution in [3.05, 3.63) is 29.3 Å². The number of nitrogens with two attached hydrogens (primary N) is 1. The number of benzene rings is 1. The molecule has 2 N–H and O–H groups in total. The van der Waals surface area contributed by atoms with Crippen LogP contribution in [-0.2, 0) is 4.74 Å². The zero-order valence-corrected chi connectivity index (χ0v) is 11.8. The van der Waals surface area contributed by atoms with Crippen molar-refractivity contribution in [3.8, 4) is 0 Å². The molecule has 1 aromatic carbocycles. The largest absolute Gasteiger partial charge is 0.379 e. The van der Waals surface area contributed by atoms with E-state index in [1.165, 1.54) is 0 Å². The van der Waals surface area contributed by atoms with E-state index in [-0.39, 0.29) is 5.91 Å². The molecule has 0 unspecified atom stereocenters. The number of hydrogen-bond acceptors (Lipinski definition) is 4. The van der Waals surface area contributed by atoms with Crippen LogP contribution in [0.15, 0.2) is 18.2 Å². The second-order valence-electron chi connectivity index (χ2n) is 5.57. The Morgan fingerprint density at radius 2 is 2.00 bits per heavy atom. The van der Waals surface area contributed by atoms with Gasteiger partial charge < -0.3 is 15.4 Å². The van der Waals surface area contributed by atoms with Crippen molar-refractivity contribution < 1.29 is 9.53 Å². The van der Waals surface area contributed by atoms with Crippen LogP contribution in [0.2, 0.25) is 0 Å². The van der Waals surface area contributed by atoms with Crippen LogP contribution in [0.1, 0.15) is 15.9 Å². The smallest absolute Gasteiger partial charge is 0.249 e. The second-order valence-corrected chi connectivity index (χ2v) is 5.57. The van der Waals surface area contributed by atoms with Gasteiger partial charge in [-0.15, -0.1) is 0 Å². The first-order chi connectivity index (χ1) is 9.65. The zero-order valence-electron chi connectivity index (χ0n) is 11.8. The second kappa shape index (κ2) is 5.42. The maximum atomic E-state index is 11.4. The number of primary amides is 1. The molecule has 0 aromatic heterocycles. The van der Waals surface area contributed by atoms with Crippen molar-refractivity contribution in [2.45, 2.75) is 13.0 Å². The standard InChI is InChI=1S/C15H21N3O2/c1-11-2-3-12(8-14(11)15(16)19)18-9-13(10-18)17-4-6-20-7-5-17/h2-3,8,13H,4-7,9-10H2,1H3,(H2,16,19). The lowest BCUT2D eigenvalue weighted by molar-refractivity contribution is 0.0105. The molecule has 2 aliphatic heterocycles. The van der Waals surface area contributed by atoms with Crippen molar-refractivity contribution in [1.29, 1.82) is 0 Å². The highest BCUT2D eigenvalue weighted by molar-refractivity contribution is 5.95. The molecule has 108 valence electrons. The Bertz CT molecular complexity index is 506. The molecule has 3 rings (SSSR count). The Morgan fingerprint density at radius 1 is 1.30 bits per heavy atom. The summed E-state index contributed by atoms with van der Waals surface area (Å²) in [4.78, 5) is 16.2. The number of carbonyl (C=O) groups is 1. The van der Waals surface area contributed by atoms with E-state index in [2.05, 4.69) is 15.9 Å². The average molecular weight is 275 g/mol. The minimum absolute atomic E-state index is 0.352. The number of nitrogens with zero attached hydrogens (tertiary/aromatic N) is 2. The van der Waals surface area contributed by atoms with Gasteiger partial charge >= 0.3 is 0 Å². The molecule has 0 atom stereocenters. The van der Waals surface area contributed by atoms with Crippen molar-refractivity contribution >= 4 is 11.6 Å². The molecule has 0 saturated carbocycles. The fraction of sp³-hybridized carbons (Fsp3) is 0.533. The normalized spacial score (nSPS) is 20.8. The van der Waals surface area contributed by atoms with Crippen molar-refractivity contribution in [1.82, 2.24) is 4.90 Å². The van der Waals surface area contributed by atoms with E-state index in [1.54, 1.807) is 0 Å². The first-order valence-corrected chi connectivity index (χ1v) is 7.12. The van der Waals surface area contributed by atoms with Crippen LogP contribution in [-0.4, -0.2) is 56.2 Å². The van der Waals surface area contributed by atoms with Gasteiger partial charge in [0.2, 0.25) is 5.91 Å². The molecular formula is C15H21N3O2. The Kier molecular flexibility index (Phi) is 3.63. The Hall–Kier alpha value is -1.59. The van der Waals surface area contributed by atoms with E-state index in [0.29, 0.717) is 11.6 Å². The SMILES string of the molecule is Cc1ccc(N2CC(N3CCOCC3)C2)cc1C(N)=O. The van der Waals surface area contributed by atoms with Gasteiger partial charge in [-0.2, -0.15) is 0 Å². The van der Waals surface area contributed by atoms with Crippen LogP contribution in [0.3, 0.4) is 0 Å². The average Bonchev–Trinajstić information content (AvgIpc) is 2.40. The summed E-state index contributed by atoms with van der Waals surface area (Å²) in [7, 11) is 0. The van der Waals surface area contributed by atoms with Gasteiger partial charge in [0.15, 0.2) is 0 Å². The lowest BCUT2D eigenvalue weighted by Gasteiger charge is -2.47. The Morgan fingerprint density at radius 3 is 2.65 bits per heavy atom. The van der Waals surface area contributed by atoms with E-state index in [1.807, 2.05) is 19.1 Å². The maximum Gasteiger partial charge on any atom is 0.249 e. The highest BCUT2D eigenvalue weighted by Crippen LogP contribution is 2.26. The van der Waals surface area contributed by atoms with E-state index in [0.717, 1.165) is 50.6 Å². The fourth-order valence-corrected chi connectivity index (χ4v) is 2.91. The molecule has 1 amide bonds. The minimum atomic E-state index is -0.352. The summed E-state index contributed by atoms with van der Waals surface area (Å²) in [5.41, 5.74) is 8.06. The van der Waals surface area contributed by atoms with E-state index in [9.17, 15) is 4.79 Å². The lowest BCUT2D eigenvalue weighted by Crippen LogP contribution is -2.61. The van der Waals surface area contributed by atoms with Crippen molar-refractivity contribution in [3.63, 3.8) is 0 Å². The summed E-state index contributed by atoms with van der Waals surface area (Å²) < 4.78 is 5.38. The molecule has 2 saturated heterocycles. The molecular weight excluding hydrogens is 254 g/mol. The third kappa shape index (κ3) is 2.51. The number of ether oxygens (including phenoxy) is 1. The number of amides is 1. The Balaban J connectivity index is 1.64. The summed E-state index contributed by atoms with van der Waals surface area (Å²) in [6, 6.07) is 6.55. The van der Waals surface area contributed by atoms with Crippen LogP contribution in [0, 0.1) is 6.92 Å². The summed E-state index contributed by atoms with van der Waals surface area (Å²) >= 11 is 0. The number of rotatable bonds is 3. The molecule has 20 heavy (non-hydrogen) atoms. The van der Waals surface area contributed by atoms with Gasteiger partial charge in [-0.3, -0.25) is 9.69 Å². The van der Waals surface area contributed by atoms with Crippen molar-refractivity contribution in [2.24, 2.45) is 5.73 Å². The van der Waals surface area contributed by atoms with Gasteiger partial charge in [0.25, 0.3) is 0 Å². The lowest BCUT2D eigenvalue weighted by atomic mass is 10.0. The number of carbonyl (C=O) groups excluding carboxylic acids is 1. The van der Waals surface area contributed by atoms with Gasteiger partial charge in [0.1, 0.15) is 0 Å². The van der Waals surface area contributed by atoms with Gasteiger partial charge in [0.05, 0.1) is 13.2 Å². The zero-order chi connectivity index (χ0) is 14.1. The molecule has 1 aromatic rings. The first-order valence-electron chi connectivity index (χ1n) is 7.12. The Labute approximate surface area is 119 Å². The van der Waals surface area contributed by atoms with Crippen LogP contribution >= 0.6 is 0 Å². The number of aryl methyl sites for hydroxylation is 1. The fourth-order valence-electron chi connectivity index (χ4n) is 2.91. The predicted octanol–water partition coefficient (Wildman–Crippen LogP) is 0.615. The summed E-state index contributed by atoms with van der Waals surface area (Å²) in [6.07, 6.45) is 0. The quantitative estimate of drug-likeness (QED) is 0.878. The molecule has 2 aliphatic rings. The molecule has 2 heterocycles. The van der Waals surface area contributed by atoms with E-state index < -0.39 is 0 Å². The van der Waals surface area contributed by atoms with Crippen LogP contribution in [0.25, 0.3) is 0 Å². The van der Waals surface area contributed by atoms with Crippen LogP contribution in [0.4, 0.5) is 5.69 Å². The predicted molar refractivity (Wildman–Crippen MR) is 78.1 cm³/mol. The third-order valence-corrected chi connectivity index (χ3v) is 4.28. The number of hydrogen-bond donors (Lipinski definition) is 1. The number of anilines is 1. The van der Waals surface area contributed by atoms with E-state index >= 15 is 0 Å². The molecule has 0 radical (unpaired) electrons. The van der Waals surface area contributed by atoms with Crippen LogP contribution < -0.4 is 10.6 Å². The molecule has 0 aliphatic carbocycles. The minimum Gasteiger partial charge on any atom is -0.379 e. The van der Waals surface area contributed by atoms with E-state index in [4.69, 9.17) is 10.5 Å². The van der Waals surface area contributed by atoms with Gasteiger partial charge in [0, 0.05) is 43.5 Å². The molecule has 2 fully saturated rings.